The van der Waals surface area contributed by atoms with Crippen LogP contribution in [0.4, 0.5) is 0 Å². The van der Waals surface area contributed by atoms with Gasteiger partial charge >= 0.3 is 0 Å². The van der Waals surface area contributed by atoms with Crippen LogP contribution >= 0.6 is 0 Å². The molecule has 0 saturated heterocycles. The van der Waals surface area contributed by atoms with Crippen molar-refractivity contribution in [1.29, 1.82) is 0 Å². The summed E-state index contributed by atoms with van der Waals surface area (Å²) in [6.07, 6.45) is 4.07. The molecule has 0 N–H and O–H groups in total. The smallest absolute Gasteiger partial charge is 0.219 e. The van der Waals surface area contributed by atoms with Gasteiger partial charge in [0.2, 0.25) is 5.89 Å². The van der Waals surface area contributed by atoms with Crippen LogP contribution in [0, 0.1) is 0 Å². The fourth-order valence-corrected chi connectivity index (χ4v) is 2.40. The Kier molecular flexibility index (Phi) is 5.74. The Morgan fingerprint density at radius 3 is 2.60 bits per heavy atom. The molecule has 1 atom stereocenters. The molecular weight excluding hydrogens is 270 g/mol. The van der Waals surface area contributed by atoms with Gasteiger partial charge in [0.05, 0.1) is 0 Å². The number of rotatable bonds is 7. The molecule has 1 rings (SSSR count). The third-order valence-corrected chi connectivity index (χ3v) is 8.41. The lowest BCUT2D eigenvalue weighted by atomic mass is 10.2. The summed E-state index contributed by atoms with van der Waals surface area (Å²) in [5.74, 6) is 0.607. The Morgan fingerprint density at radius 2 is 2.10 bits per heavy atom. The Labute approximate surface area is 123 Å². The van der Waals surface area contributed by atoms with E-state index in [1.54, 1.807) is 13.4 Å². The number of ether oxygens (including phenoxy) is 1. The van der Waals surface area contributed by atoms with Gasteiger partial charge in [0.25, 0.3) is 0 Å². The van der Waals surface area contributed by atoms with Crippen molar-refractivity contribution in [3.05, 3.63) is 30.5 Å². The molecular formula is C15H27NO3Si. The maximum Gasteiger partial charge on any atom is 0.219 e. The first-order valence-electron chi connectivity index (χ1n) is 6.93. The molecule has 5 heteroatoms. The zero-order valence-electron chi connectivity index (χ0n) is 13.5. The molecule has 0 amide bonds. The lowest BCUT2D eigenvalue weighted by Crippen LogP contribution is -2.40. The monoisotopic (exact) mass is 297 g/mol. The van der Waals surface area contributed by atoms with E-state index in [0.29, 0.717) is 18.9 Å². The fraction of sp³-hybridized carbons (Fsp3) is 0.667. The molecule has 20 heavy (non-hydrogen) atoms. The Bertz CT molecular complexity index is 435. The highest BCUT2D eigenvalue weighted by atomic mass is 28.4. The summed E-state index contributed by atoms with van der Waals surface area (Å²) < 4.78 is 16.9. The van der Waals surface area contributed by atoms with Crippen molar-refractivity contribution in [1.82, 2.24) is 4.98 Å². The molecule has 4 nitrogen and oxygen atoms in total. The van der Waals surface area contributed by atoms with Crippen LogP contribution in [0.3, 0.4) is 0 Å². The minimum Gasteiger partial charge on any atom is -0.446 e. The second kappa shape index (κ2) is 6.69. The average molecular weight is 297 g/mol. The van der Waals surface area contributed by atoms with Gasteiger partial charge in [0, 0.05) is 7.11 Å². The Morgan fingerprint density at radius 1 is 1.45 bits per heavy atom. The van der Waals surface area contributed by atoms with E-state index >= 15 is 0 Å². The maximum absolute atomic E-state index is 6.09. The third kappa shape index (κ3) is 4.29. The van der Waals surface area contributed by atoms with Gasteiger partial charge in [0.15, 0.2) is 8.32 Å². The largest absolute Gasteiger partial charge is 0.446 e. The SMILES string of the molecule is C=CC[C@H](OC)c1coc(CO[Si](C)(C)C(C)(C)C)n1. The first-order valence-corrected chi connectivity index (χ1v) is 9.84. The molecule has 114 valence electrons. The third-order valence-electron chi connectivity index (χ3n) is 3.93. The van der Waals surface area contributed by atoms with Gasteiger partial charge < -0.3 is 13.6 Å². The zero-order valence-corrected chi connectivity index (χ0v) is 14.5. The van der Waals surface area contributed by atoms with Gasteiger partial charge in [-0.1, -0.05) is 26.8 Å². The van der Waals surface area contributed by atoms with Crippen LogP contribution in [0.25, 0.3) is 0 Å². The van der Waals surface area contributed by atoms with Crippen molar-refractivity contribution in [3.63, 3.8) is 0 Å². The van der Waals surface area contributed by atoms with Gasteiger partial charge in [-0.2, -0.15) is 0 Å². The molecule has 1 aromatic rings. The molecule has 0 radical (unpaired) electrons. The fourth-order valence-electron chi connectivity index (χ4n) is 1.49. The molecule has 1 aromatic heterocycles. The number of oxazole rings is 1. The van der Waals surface area contributed by atoms with Gasteiger partial charge in [-0.05, 0) is 24.6 Å². The number of aromatic nitrogens is 1. The lowest BCUT2D eigenvalue weighted by Gasteiger charge is -2.35. The molecule has 0 aliphatic heterocycles. The highest BCUT2D eigenvalue weighted by molar-refractivity contribution is 6.74. The van der Waals surface area contributed by atoms with Crippen LogP contribution < -0.4 is 0 Å². The van der Waals surface area contributed by atoms with E-state index in [1.807, 2.05) is 6.08 Å². The second-order valence-corrected chi connectivity index (χ2v) is 11.3. The quantitative estimate of drug-likeness (QED) is 0.550. The molecule has 0 saturated carbocycles. The van der Waals surface area contributed by atoms with E-state index < -0.39 is 8.32 Å². The van der Waals surface area contributed by atoms with Crippen LogP contribution in [0.15, 0.2) is 23.3 Å². The van der Waals surface area contributed by atoms with Crippen molar-refractivity contribution in [2.75, 3.05) is 7.11 Å². The van der Waals surface area contributed by atoms with Gasteiger partial charge in [-0.25, -0.2) is 4.98 Å². The average Bonchev–Trinajstić information content (AvgIpc) is 2.81. The minimum atomic E-state index is -1.78. The zero-order chi connectivity index (χ0) is 15.4. The predicted octanol–water partition coefficient (Wildman–Crippen LogP) is 4.46. The van der Waals surface area contributed by atoms with E-state index in [2.05, 4.69) is 45.4 Å². The molecule has 0 aromatic carbocycles. The highest BCUT2D eigenvalue weighted by Crippen LogP contribution is 2.37. The number of hydrogen-bond donors (Lipinski definition) is 0. The standard InChI is InChI=1S/C15H27NO3Si/c1-8-9-13(17-5)12-10-18-14(16-12)11-19-20(6,7)15(2,3)4/h8,10,13H,1,9,11H2,2-7H3/t13-/m0/s1. The summed E-state index contributed by atoms with van der Waals surface area (Å²) in [5, 5.41) is 0.181. The number of nitrogens with zero attached hydrogens (tertiary/aromatic N) is 1. The summed E-state index contributed by atoms with van der Waals surface area (Å²) in [7, 11) is -0.115. The van der Waals surface area contributed by atoms with Crippen LogP contribution in [0.5, 0.6) is 0 Å². The van der Waals surface area contributed by atoms with Crippen molar-refractivity contribution >= 4 is 8.32 Å². The molecule has 0 spiro atoms. The molecule has 0 aliphatic rings. The predicted molar refractivity (Wildman–Crippen MR) is 83.1 cm³/mol. The summed E-state index contributed by atoms with van der Waals surface area (Å²) >= 11 is 0. The van der Waals surface area contributed by atoms with Crippen LogP contribution in [-0.2, 0) is 15.8 Å². The molecule has 0 fully saturated rings. The molecule has 0 aliphatic carbocycles. The summed E-state index contributed by atoms with van der Waals surface area (Å²) in [5.41, 5.74) is 0.793. The van der Waals surface area contributed by atoms with Crippen LogP contribution in [0.1, 0.15) is 44.9 Å². The number of methoxy groups -OCH3 is 1. The summed E-state index contributed by atoms with van der Waals surface area (Å²) in [4.78, 5) is 4.44. The minimum absolute atomic E-state index is 0.0992. The highest BCUT2D eigenvalue weighted by Gasteiger charge is 2.37. The number of hydrogen-bond acceptors (Lipinski definition) is 4. The van der Waals surface area contributed by atoms with E-state index in [9.17, 15) is 0 Å². The molecule has 0 unspecified atom stereocenters. The Balaban J connectivity index is 2.67. The second-order valence-electron chi connectivity index (χ2n) is 6.46. The van der Waals surface area contributed by atoms with Crippen molar-refractivity contribution in [2.45, 2.75) is 58.0 Å². The lowest BCUT2D eigenvalue weighted by molar-refractivity contribution is 0.102. The van der Waals surface area contributed by atoms with E-state index in [1.165, 1.54) is 0 Å². The van der Waals surface area contributed by atoms with Crippen molar-refractivity contribution < 1.29 is 13.6 Å². The normalized spacial score (nSPS) is 14.3. The van der Waals surface area contributed by atoms with Gasteiger partial charge in [-0.3, -0.25) is 0 Å². The van der Waals surface area contributed by atoms with Gasteiger partial charge in [0.1, 0.15) is 24.7 Å². The van der Waals surface area contributed by atoms with Crippen LogP contribution in [0.2, 0.25) is 18.1 Å². The van der Waals surface area contributed by atoms with E-state index in [-0.39, 0.29) is 11.1 Å². The van der Waals surface area contributed by atoms with Crippen LogP contribution in [-0.4, -0.2) is 20.4 Å². The molecule has 0 bridgehead atoms. The van der Waals surface area contributed by atoms with Gasteiger partial charge in [-0.15, -0.1) is 6.58 Å². The molecule has 1 heterocycles. The maximum atomic E-state index is 6.09. The van der Waals surface area contributed by atoms with E-state index in [0.717, 1.165) is 5.69 Å². The summed E-state index contributed by atoms with van der Waals surface area (Å²) in [6, 6.07) is 0. The van der Waals surface area contributed by atoms with Crippen molar-refractivity contribution in [3.8, 4) is 0 Å². The topological polar surface area (TPSA) is 44.5 Å². The van der Waals surface area contributed by atoms with E-state index in [4.69, 9.17) is 13.6 Å². The first-order chi connectivity index (χ1) is 9.21. The Hall–Kier alpha value is -0.913. The van der Waals surface area contributed by atoms with Crippen molar-refractivity contribution in [2.24, 2.45) is 0 Å². The summed E-state index contributed by atoms with van der Waals surface area (Å²) in [6.45, 7) is 15.2. The first kappa shape index (κ1) is 17.1.